The molecule has 1 aromatic carbocycles. The summed E-state index contributed by atoms with van der Waals surface area (Å²) >= 11 is 0. The van der Waals surface area contributed by atoms with Gasteiger partial charge in [-0.25, -0.2) is 14.2 Å². The van der Waals surface area contributed by atoms with E-state index in [4.69, 9.17) is 10.6 Å². The molecule has 178 valence electrons. The molecule has 8 nitrogen and oxygen atoms in total. The quantitative estimate of drug-likeness (QED) is 0.665. The number of likely N-dealkylation sites (tertiary alicyclic amines) is 1. The molecule has 3 rings (SSSR count). The fraction of sp³-hybridized carbons (Fsp3) is 0.458. The van der Waals surface area contributed by atoms with E-state index < -0.39 is 17.4 Å². The number of amides is 3. The van der Waals surface area contributed by atoms with E-state index in [0.29, 0.717) is 18.8 Å². The lowest BCUT2D eigenvalue weighted by Crippen LogP contribution is -2.45. The molecule has 1 aliphatic rings. The van der Waals surface area contributed by atoms with Gasteiger partial charge in [-0.1, -0.05) is 6.07 Å². The molecule has 2 aromatic rings. The minimum absolute atomic E-state index is 0.0672. The molecule has 0 unspecified atom stereocenters. The minimum atomic E-state index is -0.797. The summed E-state index contributed by atoms with van der Waals surface area (Å²) in [4.78, 5) is 37.7. The third-order valence-corrected chi connectivity index (χ3v) is 5.29. The van der Waals surface area contributed by atoms with Gasteiger partial charge in [-0.05, 0) is 63.9 Å². The molecule has 0 radical (unpaired) electrons. The molecular weight excluding hydrogens is 425 g/mol. The molecule has 33 heavy (non-hydrogen) atoms. The minimum Gasteiger partial charge on any atom is -0.351 e. The smallest absolute Gasteiger partial charge is 0.324 e. The van der Waals surface area contributed by atoms with Gasteiger partial charge in [0, 0.05) is 32.3 Å². The van der Waals surface area contributed by atoms with Crippen LogP contribution in [0.15, 0.2) is 36.5 Å². The van der Waals surface area contributed by atoms with Crippen molar-refractivity contribution in [1.82, 2.24) is 14.9 Å². The zero-order valence-corrected chi connectivity index (χ0v) is 19.8. The topological polar surface area (TPSA) is 92.0 Å². The Kier molecular flexibility index (Phi) is 7.34. The summed E-state index contributed by atoms with van der Waals surface area (Å²) in [5, 5.41) is 1.47. The van der Waals surface area contributed by atoms with Crippen molar-refractivity contribution in [1.29, 1.82) is 0 Å². The molecule has 3 amide bonds. The molecule has 1 aliphatic heterocycles. The molecule has 1 aromatic heterocycles. The third-order valence-electron chi connectivity index (χ3n) is 5.29. The van der Waals surface area contributed by atoms with Crippen LogP contribution < -0.4 is 10.6 Å². The van der Waals surface area contributed by atoms with E-state index in [1.54, 1.807) is 24.3 Å². The van der Waals surface area contributed by atoms with Crippen molar-refractivity contribution in [3.8, 4) is 0 Å². The van der Waals surface area contributed by atoms with Gasteiger partial charge >= 0.3 is 6.03 Å². The second-order valence-electron chi connectivity index (χ2n) is 9.34. The zero-order chi connectivity index (χ0) is 24.3. The maximum atomic E-state index is 14.7. The Balaban J connectivity index is 1.78. The average molecular weight is 458 g/mol. The predicted octanol–water partition coefficient (Wildman–Crippen LogP) is 3.90. The first kappa shape index (κ1) is 24.6. The van der Waals surface area contributed by atoms with Crippen molar-refractivity contribution in [2.45, 2.75) is 59.2 Å². The predicted molar refractivity (Wildman–Crippen MR) is 124 cm³/mol. The Bertz CT molecular complexity index is 1010. The number of aromatic nitrogens is 1. The van der Waals surface area contributed by atoms with Crippen LogP contribution in [0, 0.1) is 12.7 Å². The first-order chi connectivity index (χ1) is 15.4. The van der Waals surface area contributed by atoms with Gasteiger partial charge < -0.3 is 5.73 Å². The Morgan fingerprint density at radius 2 is 2.00 bits per heavy atom. The van der Waals surface area contributed by atoms with Crippen molar-refractivity contribution >= 4 is 23.3 Å². The number of benzene rings is 1. The number of carbonyl (C=O) groups is 2. The Labute approximate surface area is 194 Å². The SMILES string of the molecule is CC(=O)N(OC(C)(C)C)[C@@H]1CCN(Cc2ccc(F)c(N(C(N)=O)c3ccc(C)nc3)c2)C1. The van der Waals surface area contributed by atoms with Crippen LogP contribution in [-0.4, -0.2) is 51.6 Å². The highest BCUT2D eigenvalue weighted by atomic mass is 19.1. The largest absolute Gasteiger partial charge is 0.351 e. The van der Waals surface area contributed by atoms with E-state index in [1.165, 1.54) is 24.3 Å². The van der Waals surface area contributed by atoms with Crippen LogP contribution in [0.4, 0.5) is 20.6 Å². The van der Waals surface area contributed by atoms with Gasteiger partial charge in [0.2, 0.25) is 5.91 Å². The summed E-state index contributed by atoms with van der Waals surface area (Å²) in [7, 11) is 0. The van der Waals surface area contributed by atoms with Gasteiger partial charge in [-0.15, -0.1) is 0 Å². The first-order valence-corrected chi connectivity index (χ1v) is 11.0. The molecule has 0 bridgehead atoms. The summed E-state index contributed by atoms with van der Waals surface area (Å²) in [6, 6.07) is 7.19. The summed E-state index contributed by atoms with van der Waals surface area (Å²) in [5.74, 6) is -0.691. The fourth-order valence-corrected chi connectivity index (χ4v) is 3.90. The maximum Gasteiger partial charge on any atom is 0.324 e. The van der Waals surface area contributed by atoms with E-state index in [0.717, 1.165) is 29.1 Å². The molecule has 1 fully saturated rings. The number of pyridine rings is 1. The number of primary amides is 1. The van der Waals surface area contributed by atoms with E-state index >= 15 is 0 Å². The average Bonchev–Trinajstić information content (AvgIpc) is 3.17. The maximum absolute atomic E-state index is 14.7. The Morgan fingerprint density at radius 1 is 1.27 bits per heavy atom. The number of nitrogens with two attached hydrogens (primary N) is 1. The van der Waals surface area contributed by atoms with Gasteiger partial charge in [-0.3, -0.25) is 24.4 Å². The number of urea groups is 1. The number of halogens is 1. The number of hydrogen-bond acceptors (Lipinski definition) is 5. The highest BCUT2D eigenvalue weighted by Crippen LogP contribution is 2.30. The van der Waals surface area contributed by atoms with Crippen molar-refractivity contribution in [2.75, 3.05) is 18.0 Å². The number of rotatable bonds is 6. The Morgan fingerprint density at radius 3 is 2.58 bits per heavy atom. The molecule has 0 saturated carbocycles. The van der Waals surface area contributed by atoms with E-state index in [2.05, 4.69) is 9.88 Å². The van der Waals surface area contributed by atoms with Gasteiger partial charge in [0.25, 0.3) is 0 Å². The van der Waals surface area contributed by atoms with Crippen molar-refractivity contribution in [3.05, 3.63) is 53.6 Å². The van der Waals surface area contributed by atoms with Gasteiger partial charge in [0.1, 0.15) is 5.82 Å². The second-order valence-corrected chi connectivity index (χ2v) is 9.34. The first-order valence-electron chi connectivity index (χ1n) is 11.0. The summed E-state index contributed by atoms with van der Waals surface area (Å²) < 4.78 is 14.7. The van der Waals surface area contributed by atoms with E-state index in [-0.39, 0.29) is 17.6 Å². The fourth-order valence-electron chi connectivity index (χ4n) is 3.90. The standard InChI is InChI=1S/C24H32FN5O3/c1-16-6-8-19(13-27-16)29(23(26)32)22-12-18(7-9-21(22)25)14-28-11-10-20(15-28)30(17(2)31)33-24(3,4)5/h6-9,12-13,20H,10-11,14-15H2,1-5H3,(H2,26,32)/t20-/m1/s1. The van der Waals surface area contributed by atoms with Crippen LogP contribution in [0.2, 0.25) is 0 Å². The normalized spacial score (nSPS) is 16.6. The molecule has 1 saturated heterocycles. The van der Waals surface area contributed by atoms with Gasteiger partial charge in [0.15, 0.2) is 0 Å². The Hall–Kier alpha value is -3.04. The summed E-state index contributed by atoms with van der Waals surface area (Å²) in [5.41, 5.74) is 7.16. The van der Waals surface area contributed by atoms with Gasteiger partial charge in [0.05, 0.1) is 29.2 Å². The molecule has 1 atom stereocenters. The number of nitrogens with zero attached hydrogens (tertiary/aromatic N) is 4. The summed E-state index contributed by atoms with van der Waals surface area (Å²) in [6.07, 6.45) is 2.26. The van der Waals surface area contributed by atoms with E-state index in [1.807, 2.05) is 27.7 Å². The number of carbonyl (C=O) groups excluding carboxylic acids is 2. The molecule has 2 N–H and O–H groups in total. The van der Waals surface area contributed by atoms with Crippen LogP contribution in [0.1, 0.15) is 45.4 Å². The van der Waals surface area contributed by atoms with Crippen molar-refractivity contribution < 1.29 is 18.8 Å². The second kappa shape index (κ2) is 9.84. The lowest BCUT2D eigenvalue weighted by Gasteiger charge is -2.33. The van der Waals surface area contributed by atoms with Crippen LogP contribution >= 0.6 is 0 Å². The molecule has 2 heterocycles. The molecular formula is C24H32FN5O3. The highest BCUT2D eigenvalue weighted by Gasteiger charge is 2.33. The number of anilines is 2. The molecule has 0 aliphatic carbocycles. The van der Waals surface area contributed by atoms with Crippen LogP contribution in [0.3, 0.4) is 0 Å². The monoisotopic (exact) mass is 457 g/mol. The molecule has 0 spiro atoms. The van der Waals surface area contributed by atoms with Crippen LogP contribution in [0.5, 0.6) is 0 Å². The number of hydrogen-bond donors (Lipinski definition) is 1. The third kappa shape index (κ3) is 6.27. The zero-order valence-electron chi connectivity index (χ0n) is 19.8. The lowest BCUT2D eigenvalue weighted by atomic mass is 10.1. The number of aryl methyl sites for hydroxylation is 1. The van der Waals surface area contributed by atoms with Crippen molar-refractivity contribution in [2.24, 2.45) is 5.73 Å². The van der Waals surface area contributed by atoms with Crippen LogP contribution in [-0.2, 0) is 16.2 Å². The number of hydroxylamine groups is 2. The lowest BCUT2D eigenvalue weighted by molar-refractivity contribution is -0.239. The highest BCUT2D eigenvalue weighted by molar-refractivity contribution is 5.98. The van der Waals surface area contributed by atoms with E-state index in [9.17, 15) is 14.0 Å². The van der Waals surface area contributed by atoms with Crippen LogP contribution in [0.25, 0.3) is 0 Å². The van der Waals surface area contributed by atoms with Gasteiger partial charge in [-0.2, -0.15) is 0 Å². The summed E-state index contributed by atoms with van der Waals surface area (Å²) in [6.45, 7) is 11.0. The molecule has 9 heteroatoms. The van der Waals surface area contributed by atoms with Crippen molar-refractivity contribution in [3.63, 3.8) is 0 Å².